The lowest BCUT2D eigenvalue weighted by atomic mass is 9.33. The molecule has 4 saturated carbocycles. The first-order valence-corrected chi connectivity index (χ1v) is 14.9. The molecule has 0 spiro atoms. The molecular weight excluding hydrogens is 464 g/mol. The molecule has 0 aromatic heterocycles. The highest BCUT2D eigenvalue weighted by molar-refractivity contribution is 5.77. The van der Waals surface area contributed by atoms with Gasteiger partial charge in [0.1, 0.15) is 11.5 Å². The Labute approximate surface area is 223 Å². The Balaban J connectivity index is 1.61. The number of hydrogen-bond donors (Lipinski definition) is 2. The molecule has 0 amide bonds. The number of carbonyl (C=O) groups is 2. The number of allylic oxidation sites excluding steroid dienone is 1. The highest BCUT2D eigenvalue weighted by atomic mass is 16.5. The topological polar surface area (TPSA) is 83.8 Å². The van der Waals surface area contributed by atoms with E-state index in [1.165, 1.54) is 31.8 Å². The number of ether oxygens (including phenoxy) is 1. The third-order valence-electron chi connectivity index (χ3n) is 13.7. The van der Waals surface area contributed by atoms with Gasteiger partial charge in [0.2, 0.25) is 0 Å². The molecular formula is C32H50O5. The molecule has 0 aromatic carbocycles. The molecule has 0 aromatic rings. The number of rotatable bonds is 2. The maximum atomic E-state index is 12.9. The zero-order valence-corrected chi connectivity index (χ0v) is 24.4. The number of esters is 1. The summed E-state index contributed by atoms with van der Waals surface area (Å²) in [4.78, 5) is 24.8. The van der Waals surface area contributed by atoms with Crippen LogP contribution in [-0.2, 0) is 14.3 Å². The number of carboxylic acid groups (broad SMARTS) is 1. The predicted octanol–water partition coefficient (Wildman–Crippen LogP) is 6.63. The lowest BCUT2D eigenvalue weighted by Crippen LogP contribution is -2.69. The van der Waals surface area contributed by atoms with Crippen molar-refractivity contribution in [3.63, 3.8) is 0 Å². The van der Waals surface area contributed by atoms with Crippen LogP contribution < -0.4 is 0 Å². The summed E-state index contributed by atoms with van der Waals surface area (Å²) in [6, 6.07) is 0. The molecule has 0 saturated heterocycles. The maximum absolute atomic E-state index is 12.9. The van der Waals surface area contributed by atoms with Crippen LogP contribution in [0.3, 0.4) is 0 Å². The molecule has 5 rings (SSSR count). The van der Waals surface area contributed by atoms with Crippen molar-refractivity contribution < 1.29 is 24.5 Å². The van der Waals surface area contributed by atoms with Crippen LogP contribution in [0.2, 0.25) is 0 Å². The molecule has 0 aliphatic heterocycles. The Kier molecular flexibility index (Phi) is 6.12. The van der Waals surface area contributed by atoms with Gasteiger partial charge in [-0.15, -0.1) is 0 Å². The number of aliphatic carboxylic acids is 1. The summed E-state index contributed by atoms with van der Waals surface area (Å²) in [6.07, 6.45) is 8.93. The van der Waals surface area contributed by atoms with Crippen LogP contribution in [0, 0.1) is 56.7 Å². The normalized spacial score (nSPS) is 55.1. The van der Waals surface area contributed by atoms with Crippen LogP contribution in [0.15, 0.2) is 11.6 Å². The average Bonchev–Trinajstić information content (AvgIpc) is 2.79. The van der Waals surface area contributed by atoms with Crippen LogP contribution >= 0.6 is 0 Å². The predicted molar refractivity (Wildman–Crippen MR) is 144 cm³/mol. The first kappa shape index (κ1) is 27.2. The van der Waals surface area contributed by atoms with Crippen molar-refractivity contribution in [1.82, 2.24) is 0 Å². The van der Waals surface area contributed by atoms with Crippen molar-refractivity contribution in [2.24, 2.45) is 56.7 Å². The Morgan fingerprint density at radius 3 is 2.24 bits per heavy atom. The Morgan fingerprint density at radius 1 is 0.946 bits per heavy atom. The van der Waals surface area contributed by atoms with Gasteiger partial charge in [0, 0.05) is 12.8 Å². The second-order valence-electron chi connectivity index (χ2n) is 15.2. The summed E-state index contributed by atoms with van der Waals surface area (Å²) in [5.74, 6) is 0.292. The molecule has 5 aliphatic rings. The number of carboxylic acids is 1. The molecule has 0 unspecified atom stereocenters. The monoisotopic (exact) mass is 514 g/mol. The van der Waals surface area contributed by atoms with Gasteiger partial charge in [-0.3, -0.25) is 9.59 Å². The number of fused-ring (bicyclic) bond motifs is 7. The quantitative estimate of drug-likeness (QED) is 0.319. The molecule has 5 nitrogen and oxygen atoms in total. The molecule has 12 atom stereocenters. The smallest absolute Gasteiger partial charge is 0.313 e. The molecule has 0 radical (unpaired) electrons. The Bertz CT molecular complexity index is 1020. The van der Waals surface area contributed by atoms with E-state index < -0.39 is 29.6 Å². The first-order valence-electron chi connectivity index (χ1n) is 14.9. The largest absolute Gasteiger partial charge is 0.481 e. The molecule has 0 bridgehead atoms. The van der Waals surface area contributed by atoms with Crippen molar-refractivity contribution in [1.29, 1.82) is 0 Å². The van der Waals surface area contributed by atoms with Gasteiger partial charge in [0.25, 0.3) is 0 Å². The fraction of sp³-hybridized carbons (Fsp3) is 0.875. The Hall–Kier alpha value is -1.36. The van der Waals surface area contributed by atoms with Crippen LogP contribution in [0.5, 0.6) is 0 Å². The van der Waals surface area contributed by atoms with Gasteiger partial charge in [0.05, 0.1) is 6.10 Å². The maximum Gasteiger partial charge on any atom is 0.313 e. The number of aliphatic hydroxyl groups excluding tert-OH is 1. The van der Waals surface area contributed by atoms with E-state index in [4.69, 9.17) is 4.74 Å². The fourth-order valence-electron chi connectivity index (χ4n) is 11.3. The van der Waals surface area contributed by atoms with Gasteiger partial charge in [-0.2, -0.15) is 0 Å². The molecule has 2 N–H and O–H groups in total. The van der Waals surface area contributed by atoms with Crippen molar-refractivity contribution in [2.45, 2.75) is 119 Å². The average molecular weight is 515 g/mol. The fourth-order valence-corrected chi connectivity index (χ4v) is 11.3. The molecule has 0 heterocycles. The minimum absolute atomic E-state index is 0.00721. The van der Waals surface area contributed by atoms with Crippen LogP contribution in [0.4, 0.5) is 0 Å². The molecule has 37 heavy (non-hydrogen) atoms. The van der Waals surface area contributed by atoms with Gasteiger partial charge in [0.15, 0.2) is 0 Å². The lowest BCUT2D eigenvalue weighted by Gasteiger charge is -2.72. The van der Waals surface area contributed by atoms with Gasteiger partial charge >= 0.3 is 11.9 Å². The SMILES string of the molecule is CC(=O)O[C@@H]1CC[C@@]2(C)[C@H](CC[C@]3(C)[C@H]2[C@H](O)C=C2[C@H]4[C@@H](C)[C@H](C)CC[C@]4(C)CC[C@]23C)[C@@]1(C)C(=O)O. The summed E-state index contributed by atoms with van der Waals surface area (Å²) < 4.78 is 5.65. The highest BCUT2D eigenvalue weighted by Gasteiger charge is 2.72. The van der Waals surface area contributed by atoms with E-state index >= 15 is 0 Å². The first-order chi connectivity index (χ1) is 17.1. The van der Waals surface area contributed by atoms with E-state index in [0.717, 1.165) is 25.7 Å². The minimum Gasteiger partial charge on any atom is -0.481 e. The van der Waals surface area contributed by atoms with E-state index in [9.17, 15) is 19.8 Å². The van der Waals surface area contributed by atoms with E-state index in [-0.39, 0.29) is 28.1 Å². The zero-order valence-electron chi connectivity index (χ0n) is 24.4. The van der Waals surface area contributed by atoms with Crippen molar-refractivity contribution in [3.05, 3.63) is 11.6 Å². The van der Waals surface area contributed by atoms with Crippen molar-refractivity contribution in [2.75, 3.05) is 0 Å². The second kappa shape index (κ2) is 8.32. The molecule has 5 aliphatic carbocycles. The van der Waals surface area contributed by atoms with E-state index in [1.807, 2.05) is 0 Å². The summed E-state index contributed by atoms with van der Waals surface area (Å²) in [5, 5.41) is 22.6. The van der Waals surface area contributed by atoms with Crippen molar-refractivity contribution in [3.8, 4) is 0 Å². The van der Waals surface area contributed by atoms with E-state index in [1.54, 1.807) is 6.92 Å². The van der Waals surface area contributed by atoms with Gasteiger partial charge in [-0.05, 0) is 104 Å². The van der Waals surface area contributed by atoms with E-state index in [0.29, 0.717) is 29.6 Å². The zero-order chi connectivity index (χ0) is 27.3. The summed E-state index contributed by atoms with van der Waals surface area (Å²) >= 11 is 0. The van der Waals surface area contributed by atoms with Crippen LogP contribution in [0.25, 0.3) is 0 Å². The second-order valence-corrected chi connectivity index (χ2v) is 15.2. The van der Waals surface area contributed by atoms with Crippen molar-refractivity contribution >= 4 is 11.9 Å². The number of aliphatic hydroxyl groups is 1. The summed E-state index contributed by atoms with van der Waals surface area (Å²) in [6.45, 7) is 17.6. The lowest BCUT2D eigenvalue weighted by molar-refractivity contribution is -0.237. The number of carbonyl (C=O) groups excluding carboxylic acids is 1. The van der Waals surface area contributed by atoms with Gasteiger partial charge in [-0.1, -0.05) is 53.2 Å². The molecule has 5 heteroatoms. The number of hydrogen-bond acceptors (Lipinski definition) is 4. The van der Waals surface area contributed by atoms with Gasteiger partial charge in [-0.25, -0.2) is 0 Å². The molecule has 208 valence electrons. The highest BCUT2D eigenvalue weighted by Crippen LogP contribution is 2.75. The third kappa shape index (κ3) is 3.37. The summed E-state index contributed by atoms with van der Waals surface area (Å²) in [7, 11) is 0. The van der Waals surface area contributed by atoms with E-state index in [2.05, 4.69) is 47.6 Å². The van der Waals surface area contributed by atoms with Gasteiger partial charge < -0.3 is 14.9 Å². The molecule has 4 fully saturated rings. The Morgan fingerprint density at radius 2 is 1.62 bits per heavy atom. The standard InChI is InChI=1S/C32H50O5/c1-18-9-12-28(4)15-16-30(6)21(25(28)19(18)2)17-22(34)26-29(5)13-11-24(37-20(3)33)32(8,27(35)36)23(29)10-14-31(26,30)7/h17-19,22-26,34H,9-16H2,1-8H3,(H,35,36)/t18-,19+,22-,23+,24-,25-,26+,28-,29+,30-,31-,32-/m1/s1. The minimum atomic E-state index is -1.16. The third-order valence-corrected chi connectivity index (χ3v) is 13.7. The van der Waals surface area contributed by atoms with Crippen LogP contribution in [0.1, 0.15) is 107 Å². The summed E-state index contributed by atoms with van der Waals surface area (Å²) in [5.41, 5.74) is 0.161. The van der Waals surface area contributed by atoms with Crippen LogP contribution in [-0.4, -0.2) is 34.4 Å².